The van der Waals surface area contributed by atoms with Crippen LogP contribution in [0.25, 0.3) is 0 Å². The van der Waals surface area contributed by atoms with Gasteiger partial charge in [0, 0.05) is 12.3 Å². The molecule has 0 aromatic heterocycles. The first-order valence-corrected chi connectivity index (χ1v) is 8.00. The van der Waals surface area contributed by atoms with Gasteiger partial charge >= 0.3 is 0 Å². The molecule has 0 radical (unpaired) electrons. The predicted octanol–water partition coefficient (Wildman–Crippen LogP) is 3.53. The molecule has 3 nitrogen and oxygen atoms in total. The van der Waals surface area contributed by atoms with Crippen LogP contribution in [0.5, 0.6) is 0 Å². The van der Waals surface area contributed by atoms with Gasteiger partial charge in [0.15, 0.2) is 0 Å². The third kappa shape index (κ3) is 2.77. The average Bonchev–Trinajstić information content (AvgIpc) is 2.28. The number of nitrogens with one attached hydrogen (secondary N) is 1. The van der Waals surface area contributed by atoms with E-state index in [9.17, 15) is 9.59 Å². The number of carbonyl (C=O) groups excluding carboxylic acids is 2. The standard InChI is InChI=1S/C17H29NO2/c1-11(2)8-13-15(20)18-14(19)10-17(13)7-6-16(4,5)9-12(17)3/h11-13H,6-10H2,1-5H3,(H,18,19,20). The van der Waals surface area contributed by atoms with Crippen LogP contribution in [0.4, 0.5) is 0 Å². The van der Waals surface area contributed by atoms with Crippen LogP contribution in [0.1, 0.15) is 66.7 Å². The summed E-state index contributed by atoms with van der Waals surface area (Å²) in [4.78, 5) is 24.3. The highest BCUT2D eigenvalue weighted by atomic mass is 16.2. The molecule has 2 fully saturated rings. The fraction of sp³-hybridized carbons (Fsp3) is 0.882. The quantitative estimate of drug-likeness (QED) is 0.786. The highest BCUT2D eigenvalue weighted by Gasteiger charge is 2.54. The second kappa shape index (κ2) is 5.16. The highest BCUT2D eigenvalue weighted by Crippen LogP contribution is 2.56. The lowest BCUT2D eigenvalue weighted by molar-refractivity contribution is -0.152. The van der Waals surface area contributed by atoms with Crippen LogP contribution in [0.2, 0.25) is 0 Å². The minimum atomic E-state index is -0.0980. The van der Waals surface area contributed by atoms with Crippen LogP contribution in [-0.4, -0.2) is 11.8 Å². The SMILES string of the molecule is CC(C)CC1C(=O)NC(=O)CC12CCC(C)(C)CC2C. The number of hydrogen-bond acceptors (Lipinski definition) is 2. The van der Waals surface area contributed by atoms with Crippen LogP contribution in [0, 0.1) is 28.6 Å². The summed E-state index contributed by atoms with van der Waals surface area (Å²) in [5.41, 5.74) is 0.239. The zero-order valence-electron chi connectivity index (χ0n) is 13.6. The smallest absolute Gasteiger partial charge is 0.230 e. The zero-order valence-corrected chi connectivity index (χ0v) is 13.6. The molecule has 1 saturated carbocycles. The Morgan fingerprint density at radius 3 is 2.45 bits per heavy atom. The number of carbonyl (C=O) groups is 2. The van der Waals surface area contributed by atoms with Crippen LogP contribution in [-0.2, 0) is 9.59 Å². The van der Waals surface area contributed by atoms with Gasteiger partial charge in [-0.15, -0.1) is 0 Å². The van der Waals surface area contributed by atoms with Gasteiger partial charge in [-0.25, -0.2) is 0 Å². The lowest BCUT2D eigenvalue weighted by Gasteiger charge is -2.53. The van der Waals surface area contributed by atoms with Crippen LogP contribution < -0.4 is 5.32 Å². The molecule has 1 spiro atoms. The molecule has 3 unspecified atom stereocenters. The first kappa shape index (κ1) is 15.5. The van der Waals surface area contributed by atoms with Crippen molar-refractivity contribution in [2.45, 2.75) is 66.7 Å². The molecule has 1 heterocycles. The Kier molecular flexibility index (Phi) is 4.01. The first-order chi connectivity index (χ1) is 9.16. The summed E-state index contributed by atoms with van der Waals surface area (Å²) in [6, 6.07) is 0. The van der Waals surface area contributed by atoms with E-state index in [-0.39, 0.29) is 23.1 Å². The van der Waals surface area contributed by atoms with E-state index in [1.807, 2.05) is 0 Å². The minimum absolute atomic E-state index is 0.00583. The molecule has 3 atom stereocenters. The van der Waals surface area contributed by atoms with Gasteiger partial charge in [0.2, 0.25) is 11.8 Å². The van der Waals surface area contributed by atoms with Crippen molar-refractivity contribution in [3.05, 3.63) is 0 Å². The summed E-state index contributed by atoms with van der Waals surface area (Å²) in [6.07, 6.45) is 4.67. The number of amides is 2. The Labute approximate surface area is 122 Å². The maximum atomic E-state index is 12.4. The number of imide groups is 1. The van der Waals surface area contributed by atoms with E-state index in [1.54, 1.807) is 0 Å². The third-order valence-electron chi connectivity index (χ3n) is 5.58. The Hall–Kier alpha value is -0.860. The summed E-state index contributed by atoms with van der Waals surface area (Å²) in [6.45, 7) is 11.2. The maximum Gasteiger partial charge on any atom is 0.230 e. The normalized spacial score (nSPS) is 37.3. The molecule has 1 N–H and O–H groups in total. The largest absolute Gasteiger partial charge is 0.296 e. The van der Waals surface area contributed by atoms with E-state index < -0.39 is 0 Å². The van der Waals surface area contributed by atoms with Crippen molar-refractivity contribution < 1.29 is 9.59 Å². The Morgan fingerprint density at radius 1 is 1.25 bits per heavy atom. The Morgan fingerprint density at radius 2 is 1.90 bits per heavy atom. The number of hydrogen-bond donors (Lipinski definition) is 1. The molecule has 0 aromatic carbocycles. The van der Waals surface area contributed by atoms with Gasteiger partial charge in [-0.1, -0.05) is 34.6 Å². The van der Waals surface area contributed by atoms with Gasteiger partial charge in [0.05, 0.1) is 0 Å². The van der Waals surface area contributed by atoms with E-state index >= 15 is 0 Å². The molecule has 2 rings (SSSR count). The van der Waals surface area contributed by atoms with E-state index in [0.29, 0.717) is 23.7 Å². The first-order valence-electron chi connectivity index (χ1n) is 8.00. The predicted molar refractivity (Wildman–Crippen MR) is 79.9 cm³/mol. The fourth-order valence-electron chi connectivity index (χ4n) is 4.50. The van der Waals surface area contributed by atoms with E-state index in [2.05, 4.69) is 39.9 Å². The highest BCUT2D eigenvalue weighted by molar-refractivity contribution is 5.99. The molecular weight excluding hydrogens is 250 g/mol. The van der Waals surface area contributed by atoms with Crippen molar-refractivity contribution in [3.8, 4) is 0 Å². The second-order valence-electron chi connectivity index (χ2n) is 8.27. The molecule has 0 aromatic rings. The number of rotatable bonds is 2. The molecule has 20 heavy (non-hydrogen) atoms. The van der Waals surface area contributed by atoms with Crippen molar-refractivity contribution in [1.82, 2.24) is 5.32 Å². The summed E-state index contributed by atoms with van der Waals surface area (Å²) < 4.78 is 0. The molecule has 1 aliphatic heterocycles. The average molecular weight is 279 g/mol. The number of piperidine rings is 1. The molecule has 2 amide bonds. The molecular formula is C17H29NO2. The van der Waals surface area contributed by atoms with Gasteiger partial charge in [0.25, 0.3) is 0 Å². The molecule has 2 aliphatic rings. The van der Waals surface area contributed by atoms with Gasteiger partial charge in [-0.2, -0.15) is 0 Å². The van der Waals surface area contributed by atoms with E-state index in [1.165, 1.54) is 0 Å². The van der Waals surface area contributed by atoms with Crippen molar-refractivity contribution in [2.24, 2.45) is 28.6 Å². The molecule has 0 bridgehead atoms. The van der Waals surface area contributed by atoms with Crippen LogP contribution in [0.15, 0.2) is 0 Å². The van der Waals surface area contributed by atoms with Crippen LogP contribution >= 0.6 is 0 Å². The van der Waals surface area contributed by atoms with Crippen molar-refractivity contribution in [2.75, 3.05) is 0 Å². The fourth-order valence-corrected chi connectivity index (χ4v) is 4.50. The molecule has 1 aliphatic carbocycles. The van der Waals surface area contributed by atoms with Crippen molar-refractivity contribution >= 4 is 11.8 Å². The zero-order chi connectivity index (χ0) is 15.1. The lowest BCUT2D eigenvalue weighted by atomic mass is 9.51. The van der Waals surface area contributed by atoms with Gasteiger partial charge in [0.1, 0.15) is 0 Å². The maximum absolute atomic E-state index is 12.4. The summed E-state index contributed by atoms with van der Waals surface area (Å²) in [5.74, 6) is 0.831. The summed E-state index contributed by atoms with van der Waals surface area (Å²) in [5, 5.41) is 2.57. The monoisotopic (exact) mass is 279 g/mol. The third-order valence-corrected chi connectivity index (χ3v) is 5.58. The second-order valence-corrected chi connectivity index (χ2v) is 8.27. The van der Waals surface area contributed by atoms with Gasteiger partial charge < -0.3 is 0 Å². The minimum Gasteiger partial charge on any atom is -0.296 e. The topological polar surface area (TPSA) is 46.2 Å². The Balaban J connectivity index is 2.32. The lowest BCUT2D eigenvalue weighted by Crippen LogP contribution is -2.57. The summed E-state index contributed by atoms with van der Waals surface area (Å²) in [7, 11) is 0. The van der Waals surface area contributed by atoms with Crippen LogP contribution in [0.3, 0.4) is 0 Å². The van der Waals surface area contributed by atoms with Gasteiger partial charge in [-0.3, -0.25) is 14.9 Å². The summed E-state index contributed by atoms with van der Waals surface area (Å²) >= 11 is 0. The van der Waals surface area contributed by atoms with Gasteiger partial charge in [-0.05, 0) is 48.3 Å². The van der Waals surface area contributed by atoms with Crippen molar-refractivity contribution in [3.63, 3.8) is 0 Å². The molecule has 3 heteroatoms. The van der Waals surface area contributed by atoms with E-state index in [4.69, 9.17) is 0 Å². The Bertz CT molecular complexity index is 413. The van der Waals surface area contributed by atoms with Crippen molar-refractivity contribution in [1.29, 1.82) is 0 Å². The van der Waals surface area contributed by atoms with E-state index in [0.717, 1.165) is 25.7 Å². The molecule has 114 valence electrons. The molecule has 1 saturated heterocycles.